The molecule has 22 heavy (non-hydrogen) atoms. The highest BCUT2D eigenvalue weighted by atomic mass is 32.2. The number of fused-ring (bicyclic) bond motifs is 1. The summed E-state index contributed by atoms with van der Waals surface area (Å²) in [5, 5.41) is 13.8. The van der Waals surface area contributed by atoms with Gasteiger partial charge in [0.1, 0.15) is 4.90 Å². The van der Waals surface area contributed by atoms with Crippen molar-refractivity contribution in [1.29, 1.82) is 0 Å². The van der Waals surface area contributed by atoms with Crippen LogP contribution in [-0.2, 0) is 21.9 Å². The van der Waals surface area contributed by atoms with E-state index in [4.69, 9.17) is 5.11 Å². The Morgan fingerprint density at radius 1 is 1.50 bits per heavy atom. The van der Waals surface area contributed by atoms with Crippen LogP contribution in [-0.4, -0.2) is 52.2 Å². The third-order valence-corrected chi connectivity index (χ3v) is 5.29. The van der Waals surface area contributed by atoms with Crippen molar-refractivity contribution >= 4 is 27.0 Å². The lowest BCUT2D eigenvalue weighted by molar-refractivity contribution is -0.141. The number of aromatic nitrogens is 3. The quantitative estimate of drug-likeness (QED) is 0.863. The topological polar surface area (TPSA) is 105 Å². The number of nitrogens with zero attached hydrogens (tertiary/aromatic N) is 4. The van der Waals surface area contributed by atoms with Gasteiger partial charge in [-0.25, -0.2) is 17.7 Å². The van der Waals surface area contributed by atoms with Gasteiger partial charge in [-0.15, -0.1) is 0 Å². The number of aliphatic carboxylic acids is 1. The largest absolute Gasteiger partial charge is 0.481 e. The number of hydrogen-bond donors (Lipinski definition) is 1. The molecule has 2 rings (SSSR count). The molecule has 9 heteroatoms. The molecule has 0 radical (unpaired) electrons. The van der Waals surface area contributed by atoms with Gasteiger partial charge in [0, 0.05) is 32.2 Å². The summed E-state index contributed by atoms with van der Waals surface area (Å²) in [6, 6.07) is 1.52. The number of pyridine rings is 1. The number of carbonyl (C=O) groups is 1. The Bertz CT molecular complexity index is 828. The molecular formula is C13H18N4O4S. The zero-order valence-electron chi connectivity index (χ0n) is 12.8. The van der Waals surface area contributed by atoms with E-state index in [1.807, 2.05) is 0 Å². The fraction of sp³-hybridized carbons (Fsp3) is 0.462. The van der Waals surface area contributed by atoms with Crippen molar-refractivity contribution in [2.45, 2.75) is 18.7 Å². The molecule has 1 atom stereocenters. The summed E-state index contributed by atoms with van der Waals surface area (Å²) in [6.07, 6.45) is 1.26. The summed E-state index contributed by atoms with van der Waals surface area (Å²) in [5.74, 6) is -1.84. The van der Waals surface area contributed by atoms with Crippen molar-refractivity contribution < 1.29 is 18.3 Å². The summed E-state index contributed by atoms with van der Waals surface area (Å²) in [5.41, 5.74) is 1.28. The first-order valence-corrected chi connectivity index (χ1v) is 8.07. The maximum Gasteiger partial charge on any atom is 0.307 e. The van der Waals surface area contributed by atoms with Crippen molar-refractivity contribution in [2.75, 3.05) is 13.6 Å². The number of hydrogen-bond acceptors (Lipinski definition) is 5. The summed E-state index contributed by atoms with van der Waals surface area (Å²) >= 11 is 0. The van der Waals surface area contributed by atoms with Gasteiger partial charge in [-0.1, -0.05) is 6.92 Å². The van der Waals surface area contributed by atoms with Crippen molar-refractivity contribution in [3.8, 4) is 0 Å². The molecule has 2 aromatic rings. The SMILES string of the molecule is Cc1nn(C)c2ncc(S(=O)(=O)N(C)CC(C)C(=O)O)cc12. The highest BCUT2D eigenvalue weighted by molar-refractivity contribution is 7.89. The van der Waals surface area contributed by atoms with Crippen LogP contribution in [0, 0.1) is 12.8 Å². The highest BCUT2D eigenvalue weighted by Crippen LogP contribution is 2.21. The van der Waals surface area contributed by atoms with Gasteiger partial charge in [0.15, 0.2) is 5.65 Å². The average molecular weight is 326 g/mol. The van der Waals surface area contributed by atoms with E-state index in [1.165, 1.54) is 26.2 Å². The molecule has 0 saturated carbocycles. The molecule has 0 amide bonds. The van der Waals surface area contributed by atoms with Crippen LogP contribution in [0.4, 0.5) is 0 Å². The van der Waals surface area contributed by atoms with Crippen LogP contribution in [0.25, 0.3) is 11.0 Å². The third-order valence-electron chi connectivity index (χ3n) is 3.50. The molecular weight excluding hydrogens is 308 g/mol. The molecule has 0 aliphatic carbocycles. The monoisotopic (exact) mass is 326 g/mol. The van der Waals surface area contributed by atoms with Crippen LogP contribution in [0.1, 0.15) is 12.6 Å². The molecule has 0 fully saturated rings. The van der Waals surface area contributed by atoms with Gasteiger partial charge in [0.25, 0.3) is 0 Å². The van der Waals surface area contributed by atoms with Crippen molar-refractivity contribution in [3.05, 3.63) is 18.0 Å². The van der Waals surface area contributed by atoms with Gasteiger partial charge in [-0.05, 0) is 13.0 Å². The summed E-state index contributed by atoms with van der Waals surface area (Å²) in [7, 11) is -0.707. The molecule has 120 valence electrons. The van der Waals surface area contributed by atoms with Gasteiger partial charge in [0.2, 0.25) is 10.0 Å². The average Bonchev–Trinajstić information content (AvgIpc) is 2.73. The lowest BCUT2D eigenvalue weighted by Crippen LogP contribution is -2.33. The fourth-order valence-electron chi connectivity index (χ4n) is 2.17. The fourth-order valence-corrected chi connectivity index (χ4v) is 3.40. The second-order valence-corrected chi connectivity index (χ2v) is 7.32. The lowest BCUT2D eigenvalue weighted by atomic mass is 10.2. The Morgan fingerprint density at radius 2 is 2.14 bits per heavy atom. The Labute approximate surface area is 128 Å². The minimum absolute atomic E-state index is 0.0242. The van der Waals surface area contributed by atoms with E-state index in [-0.39, 0.29) is 11.4 Å². The van der Waals surface area contributed by atoms with Gasteiger partial charge >= 0.3 is 5.97 Å². The molecule has 0 spiro atoms. The van der Waals surface area contributed by atoms with Crippen LogP contribution in [0.15, 0.2) is 17.2 Å². The molecule has 0 aromatic carbocycles. The maximum atomic E-state index is 12.5. The number of rotatable bonds is 5. The Balaban J connectivity index is 2.41. The minimum Gasteiger partial charge on any atom is -0.481 e. The van der Waals surface area contributed by atoms with Crippen molar-refractivity contribution in [1.82, 2.24) is 19.1 Å². The number of aryl methyl sites for hydroxylation is 2. The molecule has 0 saturated heterocycles. The van der Waals surface area contributed by atoms with Crippen LogP contribution in [0.3, 0.4) is 0 Å². The van der Waals surface area contributed by atoms with Crippen LogP contribution in [0.5, 0.6) is 0 Å². The third kappa shape index (κ3) is 2.81. The molecule has 1 unspecified atom stereocenters. The number of carboxylic acid groups (broad SMARTS) is 1. The predicted octanol–water partition coefficient (Wildman–Crippen LogP) is 0.618. The molecule has 2 heterocycles. The maximum absolute atomic E-state index is 12.5. The molecule has 0 aliphatic rings. The molecule has 0 bridgehead atoms. The summed E-state index contributed by atoms with van der Waals surface area (Å²) < 4.78 is 27.6. The van der Waals surface area contributed by atoms with Crippen LogP contribution in [0.2, 0.25) is 0 Å². The zero-order chi connectivity index (χ0) is 16.7. The van der Waals surface area contributed by atoms with Gasteiger partial charge in [-0.2, -0.15) is 5.10 Å². The number of sulfonamides is 1. The van der Waals surface area contributed by atoms with Crippen LogP contribution < -0.4 is 0 Å². The molecule has 1 N–H and O–H groups in total. The van der Waals surface area contributed by atoms with E-state index in [1.54, 1.807) is 18.7 Å². The van der Waals surface area contributed by atoms with E-state index in [0.29, 0.717) is 16.7 Å². The van der Waals surface area contributed by atoms with Crippen molar-refractivity contribution in [3.63, 3.8) is 0 Å². The Hall–Kier alpha value is -2.00. The zero-order valence-corrected chi connectivity index (χ0v) is 13.6. The second-order valence-electron chi connectivity index (χ2n) is 5.28. The van der Waals surface area contributed by atoms with E-state index in [9.17, 15) is 13.2 Å². The number of carboxylic acids is 1. The Morgan fingerprint density at radius 3 is 2.73 bits per heavy atom. The first-order valence-electron chi connectivity index (χ1n) is 6.63. The molecule has 8 nitrogen and oxygen atoms in total. The van der Waals surface area contributed by atoms with Gasteiger partial charge < -0.3 is 5.11 Å². The second kappa shape index (κ2) is 5.65. The lowest BCUT2D eigenvalue weighted by Gasteiger charge is -2.19. The summed E-state index contributed by atoms with van der Waals surface area (Å²) in [4.78, 5) is 15.0. The van der Waals surface area contributed by atoms with E-state index < -0.39 is 21.9 Å². The highest BCUT2D eigenvalue weighted by Gasteiger charge is 2.26. The minimum atomic E-state index is -3.80. The first kappa shape index (κ1) is 16.4. The standard InChI is InChI=1S/C13H18N4O4S/c1-8(13(18)19)7-16(3)22(20,21)10-5-11-9(2)15-17(4)12(11)14-6-10/h5-6,8H,7H2,1-4H3,(H,18,19). The van der Waals surface area contributed by atoms with E-state index in [0.717, 1.165) is 4.31 Å². The normalized spacial score (nSPS) is 13.7. The van der Waals surface area contributed by atoms with Gasteiger partial charge in [0.05, 0.1) is 11.6 Å². The Kier molecular flexibility index (Phi) is 4.21. The predicted molar refractivity (Wildman–Crippen MR) is 79.9 cm³/mol. The van der Waals surface area contributed by atoms with E-state index in [2.05, 4.69) is 10.1 Å². The molecule has 0 aliphatic heterocycles. The first-order chi connectivity index (χ1) is 10.1. The van der Waals surface area contributed by atoms with Gasteiger partial charge in [-0.3, -0.25) is 9.48 Å². The van der Waals surface area contributed by atoms with Crippen molar-refractivity contribution in [2.24, 2.45) is 13.0 Å². The molecule has 2 aromatic heterocycles. The summed E-state index contributed by atoms with van der Waals surface area (Å²) in [6.45, 7) is 3.12. The van der Waals surface area contributed by atoms with E-state index >= 15 is 0 Å². The smallest absolute Gasteiger partial charge is 0.307 e. The van der Waals surface area contributed by atoms with Crippen LogP contribution >= 0.6 is 0 Å².